The molecule has 4 nitrogen and oxygen atoms in total. The topological polar surface area (TPSA) is 42.4 Å². The Balaban J connectivity index is 1.18. The molecule has 0 saturated heterocycles. The lowest BCUT2D eigenvalue weighted by Gasteiger charge is -2.27. The second-order valence-electron chi connectivity index (χ2n) is 12.7. The molecule has 0 unspecified atom stereocenters. The van der Waals surface area contributed by atoms with Gasteiger partial charge < -0.3 is 13.7 Å². The summed E-state index contributed by atoms with van der Waals surface area (Å²) in [5.41, 5.74) is 11.8. The van der Waals surface area contributed by atoms with E-state index in [2.05, 4.69) is 144 Å². The van der Waals surface area contributed by atoms with Gasteiger partial charge in [-0.1, -0.05) is 133 Å². The summed E-state index contributed by atoms with van der Waals surface area (Å²) in [7, 11) is 0. The Kier molecular flexibility index (Phi) is 6.78. The monoisotopic (exact) mass is 654 g/mol. The molecule has 2 aromatic heterocycles. The fourth-order valence-corrected chi connectivity index (χ4v) is 7.27. The van der Waals surface area contributed by atoms with Gasteiger partial charge in [-0.05, 0) is 70.1 Å². The molecule has 10 aromatic rings. The van der Waals surface area contributed by atoms with Crippen LogP contribution in [0.1, 0.15) is 0 Å². The molecule has 0 amide bonds. The minimum atomic E-state index is 0.596. The summed E-state index contributed by atoms with van der Waals surface area (Å²) in [5, 5.41) is 4.33. The van der Waals surface area contributed by atoms with E-state index in [-0.39, 0.29) is 0 Å². The Morgan fingerprint density at radius 1 is 0.392 bits per heavy atom. The van der Waals surface area contributed by atoms with Crippen molar-refractivity contribution >= 4 is 60.9 Å². The van der Waals surface area contributed by atoms with E-state index in [4.69, 9.17) is 13.8 Å². The first-order valence-corrected chi connectivity index (χ1v) is 17.1. The molecule has 10 rings (SSSR count). The van der Waals surface area contributed by atoms with Crippen LogP contribution in [0.3, 0.4) is 0 Å². The fraction of sp³-hybridized carbons (Fsp3) is 0. The molecule has 0 N–H and O–H groups in total. The third-order valence-electron chi connectivity index (χ3n) is 9.71. The summed E-state index contributed by atoms with van der Waals surface area (Å²) in [5.74, 6) is 0.596. The third-order valence-corrected chi connectivity index (χ3v) is 9.71. The highest BCUT2D eigenvalue weighted by Crippen LogP contribution is 2.46. The summed E-state index contributed by atoms with van der Waals surface area (Å²) >= 11 is 0. The van der Waals surface area contributed by atoms with E-state index >= 15 is 0 Å². The zero-order valence-corrected chi connectivity index (χ0v) is 27.5. The average molecular weight is 655 g/mol. The lowest BCUT2D eigenvalue weighted by atomic mass is 9.96. The molecule has 0 atom stereocenters. The SMILES string of the molecule is c1ccc(-c2ccc(N(c3ccc(-c4ccccc4)c4ccccc34)c3cccc4c3oc3cc5nc(-c6ccccc6)oc5cc34)cc2)cc1. The molecule has 0 aliphatic rings. The predicted molar refractivity (Wildman–Crippen MR) is 210 cm³/mol. The molecule has 240 valence electrons. The number of benzene rings is 8. The molecule has 0 saturated carbocycles. The van der Waals surface area contributed by atoms with Crippen LogP contribution in [0.5, 0.6) is 0 Å². The van der Waals surface area contributed by atoms with Gasteiger partial charge in [-0.2, -0.15) is 0 Å². The first-order valence-electron chi connectivity index (χ1n) is 17.1. The molecule has 0 bridgehead atoms. The maximum Gasteiger partial charge on any atom is 0.227 e. The molecule has 0 aliphatic heterocycles. The number of hydrogen-bond acceptors (Lipinski definition) is 4. The molecule has 0 radical (unpaired) electrons. The van der Waals surface area contributed by atoms with E-state index in [1.807, 2.05) is 42.5 Å². The standard InChI is InChI=1S/C47H30N2O2/c1-4-13-31(14-5-1)32-23-25-35(26-24-32)49(42-28-27-36(33-15-6-2-7-16-33)37-19-10-11-20-38(37)42)43-22-12-21-39-40-29-45-41(30-44(40)50-46(39)43)48-47(51-45)34-17-8-3-9-18-34/h1-30H. The second kappa shape index (κ2) is 11.9. The number of rotatable bonds is 6. The lowest BCUT2D eigenvalue weighted by molar-refractivity contribution is 0.620. The molecule has 2 heterocycles. The van der Waals surface area contributed by atoms with Crippen molar-refractivity contribution in [3.63, 3.8) is 0 Å². The van der Waals surface area contributed by atoms with Gasteiger partial charge in [-0.3, -0.25) is 0 Å². The van der Waals surface area contributed by atoms with Crippen LogP contribution in [0.15, 0.2) is 191 Å². The number of oxazole rings is 1. The normalized spacial score (nSPS) is 11.5. The van der Waals surface area contributed by atoms with Gasteiger partial charge in [0.15, 0.2) is 11.2 Å². The number of aromatic nitrogens is 1. The fourth-order valence-electron chi connectivity index (χ4n) is 7.27. The van der Waals surface area contributed by atoms with Crippen molar-refractivity contribution in [3.8, 4) is 33.7 Å². The molecule has 0 fully saturated rings. The van der Waals surface area contributed by atoms with Crippen LogP contribution in [0.4, 0.5) is 17.1 Å². The van der Waals surface area contributed by atoms with Crippen LogP contribution < -0.4 is 4.90 Å². The first-order chi connectivity index (χ1) is 25.3. The van der Waals surface area contributed by atoms with E-state index in [1.165, 1.54) is 22.1 Å². The predicted octanol–water partition coefficient (Wildman–Crippen LogP) is 13.4. The Morgan fingerprint density at radius 2 is 1.02 bits per heavy atom. The largest absolute Gasteiger partial charge is 0.454 e. The number of para-hydroxylation sites is 1. The molecular weight excluding hydrogens is 625 g/mol. The number of hydrogen-bond donors (Lipinski definition) is 0. The van der Waals surface area contributed by atoms with E-state index in [9.17, 15) is 0 Å². The molecule has 0 aliphatic carbocycles. The lowest BCUT2D eigenvalue weighted by Crippen LogP contribution is -2.11. The first kappa shape index (κ1) is 29.0. The van der Waals surface area contributed by atoms with Crippen molar-refractivity contribution in [1.82, 2.24) is 4.98 Å². The van der Waals surface area contributed by atoms with E-state index < -0.39 is 0 Å². The number of anilines is 3. The van der Waals surface area contributed by atoms with Crippen LogP contribution in [0.2, 0.25) is 0 Å². The van der Waals surface area contributed by atoms with Gasteiger partial charge in [0.05, 0.1) is 11.4 Å². The van der Waals surface area contributed by atoms with Crippen molar-refractivity contribution in [2.45, 2.75) is 0 Å². The van der Waals surface area contributed by atoms with Crippen molar-refractivity contribution < 1.29 is 8.83 Å². The summed E-state index contributed by atoms with van der Waals surface area (Å²) in [4.78, 5) is 7.15. The van der Waals surface area contributed by atoms with Crippen LogP contribution in [-0.4, -0.2) is 4.98 Å². The van der Waals surface area contributed by atoms with Gasteiger partial charge in [-0.15, -0.1) is 0 Å². The van der Waals surface area contributed by atoms with Crippen LogP contribution in [-0.2, 0) is 0 Å². The van der Waals surface area contributed by atoms with E-state index in [0.717, 1.165) is 66.6 Å². The summed E-state index contributed by atoms with van der Waals surface area (Å²) in [6.45, 7) is 0. The van der Waals surface area contributed by atoms with E-state index in [1.54, 1.807) is 0 Å². The highest BCUT2D eigenvalue weighted by molar-refractivity contribution is 6.14. The number of fused-ring (bicyclic) bond motifs is 5. The Morgan fingerprint density at radius 3 is 1.76 bits per heavy atom. The molecule has 8 aromatic carbocycles. The zero-order chi connectivity index (χ0) is 33.7. The van der Waals surface area contributed by atoms with Gasteiger partial charge in [0, 0.05) is 33.5 Å². The van der Waals surface area contributed by atoms with E-state index in [0.29, 0.717) is 5.89 Å². The third kappa shape index (κ3) is 4.96. The van der Waals surface area contributed by atoms with Gasteiger partial charge in [0.1, 0.15) is 11.1 Å². The number of nitrogens with zero attached hydrogens (tertiary/aromatic N) is 2. The highest BCUT2D eigenvalue weighted by atomic mass is 16.4. The Hall–Kier alpha value is -6.91. The summed E-state index contributed by atoms with van der Waals surface area (Å²) in [6, 6.07) is 63.4. The Labute approximate surface area is 294 Å². The van der Waals surface area contributed by atoms with Crippen LogP contribution >= 0.6 is 0 Å². The Bertz CT molecular complexity index is 2840. The van der Waals surface area contributed by atoms with Crippen molar-refractivity contribution in [2.24, 2.45) is 0 Å². The van der Waals surface area contributed by atoms with Crippen molar-refractivity contribution in [2.75, 3.05) is 4.90 Å². The summed E-state index contributed by atoms with van der Waals surface area (Å²) < 4.78 is 13.1. The minimum absolute atomic E-state index is 0.596. The maximum atomic E-state index is 6.81. The number of furan rings is 1. The van der Waals surface area contributed by atoms with Crippen LogP contribution in [0, 0.1) is 0 Å². The minimum Gasteiger partial charge on any atom is -0.454 e. The smallest absolute Gasteiger partial charge is 0.227 e. The van der Waals surface area contributed by atoms with Gasteiger partial charge in [0.2, 0.25) is 5.89 Å². The van der Waals surface area contributed by atoms with Crippen molar-refractivity contribution in [1.29, 1.82) is 0 Å². The second-order valence-corrected chi connectivity index (χ2v) is 12.7. The van der Waals surface area contributed by atoms with Gasteiger partial charge in [-0.25, -0.2) is 4.98 Å². The quantitative estimate of drug-likeness (QED) is 0.179. The average Bonchev–Trinajstić information content (AvgIpc) is 3.79. The van der Waals surface area contributed by atoms with Gasteiger partial charge >= 0.3 is 0 Å². The zero-order valence-electron chi connectivity index (χ0n) is 27.5. The molecule has 0 spiro atoms. The van der Waals surface area contributed by atoms with Gasteiger partial charge in [0.25, 0.3) is 0 Å². The summed E-state index contributed by atoms with van der Waals surface area (Å²) in [6.07, 6.45) is 0. The highest BCUT2D eigenvalue weighted by Gasteiger charge is 2.23. The van der Waals surface area contributed by atoms with Crippen molar-refractivity contribution in [3.05, 3.63) is 182 Å². The van der Waals surface area contributed by atoms with Crippen LogP contribution in [0.25, 0.3) is 77.5 Å². The molecule has 4 heteroatoms. The molecular formula is C47H30N2O2. The molecule has 51 heavy (non-hydrogen) atoms. The maximum absolute atomic E-state index is 6.81.